The SMILES string of the molecule is COC(=O)C(=CN(C)C)C(=O)CC1CCCC1. The lowest BCUT2D eigenvalue weighted by Gasteiger charge is -2.12. The van der Waals surface area contributed by atoms with Crippen molar-refractivity contribution in [1.82, 2.24) is 4.90 Å². The number of esters is 1. The average Bonchev–Trinajstić information content (AvgIpc) is 2.77. The first-order chi connectivity index (χ1) is 8.04. The van der Waals surface area contributed by atoms with Crippen molar-refractivity contribution in [1.29, 1.82) is 0 Å². The number of rotatable bonds is 5. The molecule has 0 radical (unpaired) electrons. The maximum atomic E-state index is 12.0. The quantitative estimate of drug-likeness (QED) is 0.317. The molecule has 0 saturated heterocycles. The highest BCUT2D eigenvalue weighted by atomic mass is 16.5. The molecule has 1 rings (SSSR count). The maximum absolute atomic E-state index is 12.0. The van der Waals surface area contributed by atoms with Crippen molar-refractivity contribution in [2.75, 3.05) is 21.2 Å². The van der Waals surface area contributed by atoms with Gasteiger partial charge in [0.15, 0.2) is 5.78 Å². The predicted octanol–water partition coefficient (Wildman–Crippen LogP) is 1.75. The monoisotopic (exact) mass is 239 g/mol. The molecule has 0 aromatic carbocycles. The van der Waals surface area contributed by atoms with Crippen LogP contribution in [-0.4, -0.2) is 37.9 Å². The summed E-state index contributed by atoms with van der Waals surface area (Å²) in [4.78, 5) is 25.3. The van der Waals surface area contributed by atoms with Crippen LogP contribution in [0.1, 0.15) is 32.1 Å². The van der Waals surface area contributed by atoms with Gasteiger partial charge in [0.1, 0.15) is 5.57 Å². The van der Waals surface area contributed by atoms with E-state index in [-0.39, 0.29) is 11.4 Å². The van der Waals surface area contributed by atoms with Gasteiger partial charge in [0.05, 0.1) is 7.11 Å². The molecule has 0 aliphatic heterocycles. The molecule has 0 heterocycles. The third kappa shape index (κ3) is 4.21. The third-order valence-electron chi connectivity index (χ3n) is 3.04. The van der Waals surface area contributed by atoms with Crippen molar-refractivity contribution < 1.29 is 14.3 Å². The zero-order valence-electron chi connectivity index (χ0n) is 10.9. The first-order valence-corrected chi connectivity index (χ1v) is 6.04. The highest BCUT2D eigenvalue weighted by molar-refractivity contribution is 6.17. The highest BCUT2D eigenvalue weighted by Gasteiger charge is 2.24. The van der Waals surface area contributed by atoms with Gasteiger partial charge in [-0.2, -0.15) is 0 Å². The molecule has 4 heteroatoms. The van der Waals surface area contributed by atoms with Crippen LogP contribution < -0.4 is 0 Å². The molecule has 96 valence electrons. The van der Waals surface area contributed by atoms with Gasteiger partial charge in [-0.3, -0.25) is 4.79 Å². The van der Waals surface area contributed by atoms with Crippen LogP contribution in [0.5, 0.6) is 0 Å². The van der Waals surface area contributed by atoms with Crippen LogP contribution in [0, 0.1) is 5.92 Å². The lowest BCUT2D eigenvalue weighted by molar-refractivity contribution is -0.138. The van der Waals surface area contributed by atoms with Gasteiger partial charge < -0.3 is 9.64 Å². The molecule has 0 N–H and O–H groups in total. The van der Waals surface area contributed by atoms with Crippen molar-refractivity contribution in [3.63, 3.8) is 0 Å². The number of hydrogen-bond donors (Lipinski definition) is 0. The van der Waals surface area contributed by atoms with Crippen molar-refractivity contribution >= 4 is 11.8 Å². The Hall–Kier alpha value is -1.32. The zero-order valence-corrected chi connectivity index (χ0v) is 10.9. The molecule has 1 aliphatic carbocycles. The standard InChI is InChI=1S/C13H21NO3/c1-14(2)9-11(13(16)17-3)12(15)8-10-6-4-5-7-10/h9-10H,4-8H2,1-3H3. The molecule has 1 aliphatic rings. The molecule has 1 fully saturated rings. The van der Waals surface area contributed by atoms with E-state index in [1.807, 2.05) is 0 Å². The predicted molar refractivity (Wildman–Crippen MR) is 65.4 cm³/mol. The molecule has 0 atom stereocenters. The van der Waals surface area contributed by atoms with Crippen LogP contribution in [0.15, 0.2) is 11.8 Å². The Kier molecular flexibility index (Phi) is 5.19. The Morgan fingerprint density at radius 3 is 2.35 bits per heavy atom. The van der Waals surface area contributed by atoms with Gasteiger partial charge in [-0.05, 0) is 5.92 Å². The Morgan fingerprint density at radius 2 is 1.88 bits per heavy atom. The van der Waals surface area contributed by atoms with Crippen LogP contribution in [0.25, 0.3) is 0 Å². The van der Waals surface area contributed by atoms with Crippen LogP contribution in [0.3, 0.4) is 0 Å². The smallest absolute Gasteiger partial charge is 0.342 e. The molecule has 0 unspecified atom stereocenters. The van der Waals surface area contributed by atoms with Gasteiger partial charge in [0, 0.05) is 26.7 Å². The number of Topliss-reactive ketones (excluding diaryl/α,β-unsaturated/α-hetero) is 1. The molecule has 0 amide bonds. The first-order valence-electron chi connectivity index (χ1n) is 6.04. The van der Waals surface area contributed by atoms with Crippen LogP contribution >= 0.6 is 0 Å². The van der Waals surface area contributed by atoms with E-state index in [0.717, 1.165) is 12.8 Å². The van der Waals surface area contributed by atoms with Gasteiger partial charge in [-0.15, -0.1) is 0 Å². The number of carbonyl (C=O) groups is 2. The van der Waals surface area contributed by atoms with Crippen LogP contribution in [0.2, 0.25) is 0 Å². The minimum Gasteiger partial charge on any atom is -0.465 e. The number of hydrogen-bond acceptors (Lipinski definition) is 4. The summed E-state index contributed by atoms with van der Waals surface area (Å²) >= 11 is 0. The Bertz CT molecular complexity index is 315. The average molecular weight is 239 g/mol. The fourth-order valence-corrected chi connectivity index (χ4v) is 2.19. The number of ketones is 1. The van der Waals surface area contributed by atoms with E-state index in [2.05, 4.69) is 4.74 Å². The van der Waals surface area contributed by atoms with Gasteiger partial charge in [-0.1, -0.05) is 25.7 Å². The van der Waals surface area contributed by atoms with E-state index in [4.69, 9.17) is 0 Å². The van der Waals surface area contributed by atoms with E-state index in [1.165, 1.54) is 20.0 Å². The molecule has 0 spiro atoms. The summed E-state index contributed by atoms with van der Waals surface area (Å²) in [6.07, 6.45) is 6.61. The van der Waals surface area contributed by atoms with E-state index < -0.39 is 5.97 Å². The second-order valence-electron chi connectivity index (χ2n) is 4.78. The zero-order chi connectivity index (χ0) is 12.8. The van der Waals surface area contributed by atoms with E-state index in [0.29, 0.717) is 12.3 Å². The lowest BCUT2D eigenvalue weighted by atomic mass is 9.97. The Balaban J connectivity index is 2.68. The number of ether oxygens (including phenoxy) is 1. The maximum Gasteiger partial charge on any atom is 0.342 e. The Labute approximate surface area is 103 Å². The molecule has 1 saturated carbocycles. The van der Waals surface area contributed by atoms with E-state index in [1.54, 1.807) is 25.2 Å². The highest BCUT2D eigenvalue weighted by Crippen LogP contribution is 2.28. The molecule has 0 aromatic heterocycles. The topological polar surface area (TPSA) is 46.6 Å². The number of nitrogens with zero attached hydrogens (tertiary/aromatic N) is 1. The molecule has 4 nitrogen and oxygen atoms in total. The van der Waals surface area contributed by atoms with E-state index >= 15 is 0 Å². The fraction of sp³-hybridized carbons (Fsp3) is 0.692. The minimum atomic E-state index is -0.540. The summed E-state index contributed by atoms with van der Waals surface area (Å²) in [7, 11) is 4.87. The number of methoxy groups -OCH3 is 1. The summed E-state index contributed by atoms with van der Waals surface area (Å²) in [5.41, 5.74) is 0.157. The molecular formula is C13H21NO3. The van der Waals surface area contributed by atoms with Crippen molar-refractivity contribution in [2.24, 2.45) is 5.92 Å². The number of carbonyl (C=O) groups excluding carboxylic acids is 2. The largest absolute Gasteiger partial charge is 0.465 e. The Morgan fingerprint density at radius 1 is 1.29 bits per heavy atom. The van der Waals surface area contributed by atoms with Crippen LogP contribution in [0.4, 0.5) is 0 Å². The summed E-state index contributed by atoms with van der Waals surface area (Å²) < 4.78 is 4.64. The van der Waals surface area contributed by atoms with Gasteiger partial charge in [0.2, 0.25) is 0 Å². The van der Waals surface area contributed by atoms with Crippen molar-refractivity contribution in [2.45, 2.75) is 32.1 Å². The lowest BCUT2D eigenvalue weighted by Crippen LogP contribution is -2.19. The summed E-state index contributed by atoms with van der Waals surface area (Å²) in [6, 6.07) is 0. The molecular weight excluding hydrogens is 218 g/mol. The van der Waals surface area contributed by atoms with Crippen LogP contribution in [-0.2, 0) is 14.3 Å². The van der Waals surface area contributed by atoms with Gasteiger partial charge >= 0.3 is 5.97 Å². The second-order valence-corrected chi connectivity index (χ2v) is 4.78. The van der Waals surface area contributed by atoms with Gasteiger partial charge in [-0.25, -0.2) is 4.79 Å². The summed E-state index contributed by atoms with van der Waals surface area (Å²) in [5.74, 6) is -0.197. The summed E-state index contributed by atoms with van der Waals surface area (Å²) in [5, 5.41) is 0. The second kappa shape index (κ2) is 6.42. The molecule has 0 bridgehead atoms. The molecule has 0 aromatic rings. The van der Waals surface area contributed by atoms with E-state index in [9.17, 15) is 9.59 Å². The van der Waals surface area contributed by atoms with Gasteiger partial charge in [0.25, 0.3) is 0 Å². The van der Waals surface area contributed by atoms with Crippen molar-refractivity contribution in [3.05, 3.63) is 11.8 Å². The molecule has 17 heavy (non-hydrogen) atoms. The third-order valence-corrected chi connectivity index (χ3v) is 3.04. The minimum absolute atomic E-state index is 0.0996. The normalized spacial score (nSPS) is 17.0. The first kappa shape index (κ1) is 13.7. The van der Waals surface area contributed by atoms with Crippen molar-refractivity contribution in [3.8, 4) is 0 Å². The summed E-state index contributed by atoms with van der Waals surface area (Å²) in [6.45, 7) is 0. The fourth-order valence-electron chi connectivity index (χ4n) is 2.19.